The normalized spacial score (nSPS) is 30.5. The Hall–Kier alpha value is -2.04. The zero-order valence-electron chi connectivity index (χ0n) is 18.2. The van der Waals surface area contributed by atoms with Gasteiger partial charge in [0.15, 0.2) is 0 Å². The van der Waals surface area contributed by atoms with Crippen molar-refractivity contribution in [3.8, 4) is 0 Å². The topological polar surface area (TPSA) is 49.9 Å². The van der Waals surface area contributed by atoms with E-state index in [0.29, 0.717) is 13.2 Å². The second-order valence-electron chi connectivity index (χ2n) is 9.69. The van der Waals surface area contributed by atoms with Crippen LogP contribution in [-0.4, -0.2) is 54.1 Å². The van der Waals surface area contributed by atoms with Crippen LogP contribution in [0.1, 0.15) is 58.1 Å². The number of rotatable bonds is 2. The summed E-state index contributed by atoms with van der Waals surface area (Å²) < 4.78 is 5.22. The zero-order chi connectivity index (χ0) is 20.8. The van der Waals surface area contributed by atoms with Gasteiger partial charge in [-0.25, -0.2) is 4.79 Å². The van der Waals surface area contributed by atoms with E-state index in [1.54, 1.807) is 0 Å². The summed E-state index contributed by atoms with van der Waals surface area (Å²) in [5, 5.41) is 0. The Morgan fingerprint density at radius 2 is 1.93 bits per heavy atom. The van der Waals surface area contributed by atoms with Crippen LogP contribution in [0.15, 0.2) is 24.3 Å². The number of hydrogen-bond acceptors (Lipinski definition) is 3. The van der Waals surface area contributed by atoms with E-state index in [1.807, 2.05) is 11.8 Å². The van der Waals surface area contributed by atoms with Crippen molar-refractivity contribution >= 4 is 12.0 Å². The first-order valence-electron chi connectivity index (χ1n) is 11.1. The zero-order valence-corrected chi connectivity index (χ0v) is 18.2. The number of ether oxygens (including phenoxy) is 1. The molecule has 1 aromatic rings. The highest BCUT2D eigenvalue weighted by Gasteiger charge is 2.57. The lowest BCUT2D eigenvalue weighted by Crippen LogP contribution is -2.66. The Balaban J connectivity index is 1.58. The van der Waals surface area contributed by atoms with Crippen molar-refractivity contribution in [1.82, 2.24) is 9.80 Å². The van der Waals surface area contributed by atoms with Gasteiger partial charge in [0, 0.05) is 31.1 Å². The lowest BCUT2D eigenvalue weighted by atomic mass is 9.51. The standard InChI is InChI=1S/C24H34N2O3/c1-5-29-21(27)18-10-8-13-25(16-18)22(28)26-14-12-24(4)19-11-7-6-9-17(19)15-20(26)23(24,2)3/h6-7,9,11,18,20H,5,8,10,12-16H2,1-4H3/t18?,20-,24?/m1/s1. The molecule has 3 aliphatic rings. The summed E-state index contributed by atoms with van der Waals surface area (Å²) in [7, 11) is 0. The van der Waals surface area contributed by atoms with Crippen LogP contribution in [0, 0.1) is 11.3 Å². The molecule has 1 aliphatic carbocycles. The highest BCUT2D eigenvalue weighted by Crippen LogP contribution is 2.56. The molecule has 2 aliphatic heterocycles. The minimum Gasteiger partial charge on any atom is -0.466 e. The lowest BCUT2D eigenvalue weighted by molar-refractivity contribution is -0.149. The van der Waals surface area contributed by atoms with Gasteiger partial charge < -0.3 is 14.5 Å². The molecule has 5 nitrogen and oxygen atoms in total. The Morgan fingerprint density at radius 1 is 1.17 bits per heavy atom. The van der Waals surface area contributed by atoms with Crippen molar-refractivity contribution < 1.29 is 14.3 Å². The maximum absolute atomic E-state index is 13.6. The van der Waals surface area contributed by atoms with Gasteiger partial charge >= 0.3 is 12.0 Å². The third-order valence-electron chi connectivity index (χ3n) is 8.07. The predicted molar refractivity (Wildman–Crippen MR) is 113 cm³/mol. The first kappa shape index (κ1) is 20.2. The molecular formula is C24H34N2O3. The number of carbonyl (C=O) groups is 2. The molecule has 1 aromatic carbocycles. The molecular weight excluding hydrogens is 364 g/mol. The van der Waals surface area contributed by atoms with Crippen LogP contribution in [0.2, 0.25) is 0 Å². The van der Waals surface area contributed by atoms with E-state index in [2.05, 4.69) is 49.9 Å². The molecule has 2 fully saturated rings. The van der Waals surface area contributed by atoms with E-state index in [9.17, 15) is 9.59 Å². The van der Waals surface area contributed by atoms with Crippen molar-refractivity contribution in [1.29, 1.82) is 0 Å². The molecule has 0 saturated carbocycles. The third-order valence-corrected chi connectivity index (χ3v) is 8.07. The van der Waals surface area contributed by atoms with Gasteiger partial charge in [-0.3, -0.25) is 4.79 Å². The molecule has 2 amide bonds. The third kappa shape index (κ3) is 3.13. The molecule has 4 rings (SSSR count). The smallest absolute Gasteiger partial charge is 0.320 e. The summed E-state index contributed by atoms with van der Waals surface area (Å²) in [6.45, 7) is 11.2. The van der Waals surface area contributed by atoms with Crippen LogP contribution in [0.3, 0.4) is 0 Å². The second kappa shape index (κ2) is 7.33. The SMILES string of the molecule is CCOC(=O)C1CCCN(C(=O)N2CCC3(C)c4ccccc4C[C@@H]2C3(C)C)C1. The average Bonchev–Trinajstić information content (AvgIpc) is 2.70. The number of amides is 2. The number of nitrogens with zero attached hydrogens (tertiary/aromatic N) is 2. The summed E-state index contributed by atoms with van der Waals surface area (Å²) in [4.78, 5) is 29.8. The molecule has 29 heavy (non-hydrogen) atoms. The van der Waals surface area contributed by atoms with Crippen LogP contribution in [0.4, 0.5) is 4.79 Å². The minimum absolute atomic E-state index is 0.00834. The van der Waals surface area contributed by atoms with Gasteiger partial charge in [0.05, 0.1) is 12.5 Å². The van der Waals surface area contributed by atoms with E-state index in [-0.39, 0.29) is 34.8 Å². The van der Waals surface area contributed by atoms with Crippen molar-refractivity contribution in [3.63, 3.8) is 0 Å². The Bertz CT molecular complexity index is 805. The fraction of sp³-hybridized carbons (Fsp3) is 0.667. The lowest BCUT2D eigenvalue weighted by Gasteiger charge is -2.61. The molecule has 2 heterocycles. The van der Waals surface area contributed by atoms with Gasteiger partial charge in [-0.2, -0.15) is 0 Å². The number of carbonyl (C=O) groups excluding carboxylic acids is 2. The molecule has 0 aromatic heterocycles. The Labute approximate surface area is 174 Å². The van der Waals surface area contributed by atoms with E-state index in [4.69, 9.17) is 4.74 Å². The Morgan fingerprint density at radius 3 is 2.69 bits per heavy atom. The molecule has 2 saturated heterocycles. The van der Waals surface area contributed by atoms with Gasteiger partial charge in [0.25, 0.3) is 0 Å². The van der Waals surface area contributed by atoms with Crippen LogP contribution in [-0.2, 0) is 21.4 Å². The first-order valence-corrected chi connectivity index (χ1v) is 11.1. The summed E-state index contributed by atoms with van der Waals surface area (Å²) in [5.74, 6) is -0.356. The largest absolute Gasteiger partial charge is 0.466 e. The minimum atomic E-state index is -0.192. The number of urea groups is 1. The number of piperidine rings is 2. The van der Waals surface area contributed by atoms with Gasteiger partial charge in [-0.05, 0) is 49.1 Å². The monoisotopic (exact) mass is 398 g/mol. The maximum atomic E-state index is 13.6. The number of esters is 1. The number of hydrogen-bond donors (Lipinski definition) is 0. The van der Waals surface area contributed by atoms with Gasteiger partial charge in [-0.15, -0.1) is 0 Å². The number of benzene rings is 1. The summed E-state index contributed by atoms with van der Waals surface area (Å²) >= 11 is 0. The molecule has 0 N–H and O–H groups in total. The van der Waals surface area contributed by atoms with Crippen molar-refractivity contribution in [3.05, 3.63) is 35.4 Å². The second-order valence-corrected chi connectivity index (χ2v) is 9.69. The highest BCUT2D eigenvalue weighted by molar-refractivity contribution is 5.78. The summed E-state index contributed by atoms with van der Waals surface area (Å²) in [5.41, 5.74) is 2.89. The van der Waals surface area contributed by atoms with Crippen LogP contribution in [0.5, 0.6) is 0 Å². The van der Waals surface area contributed by atoms with Gasteiger partial charge in [0.1, 0.15) is 0 Å². The van der Waals surface area contributed by atoms with Crippen molar-refractivity contribution in [2.45, 2.75) is 64.8 Å². The van der Waals surface area contributed by atoms with E-state index in [0.717, 1.165) is 38.8 Å². The predicted octanol–water partition coefficient (Wildman–Crippen LogP) is 4.00. The fourth-order valence-electron chi connectivity index (χ4n) is 5.89. The number of fused-ring (bicyclic) bond motifs is 4. The summed E-state index contributed by atoms with van der Waals surface area (Å²) in [6, 6.07) is 9.02. The average molecular weight is 399 g/mol. The molecule has 5 heteroatoms. The van der Waals surface area contributed by atoms with Gasteiger partial charge in [0.2, 0.25) is 0 Å². The molecule has 0 radical (unpaired) electrons. The summed E-state index contributed by atoms with van der Waals surface area (Å²) in [6.07, 6.45) is 3.54. The first-order chi connectivity index (χ1) is 13.8. The van der Waals surface area contributed by atoms with E-state index in [1.165, 1.54) is 11.1 Å². The maximum Gasteiger partial charge on any atom is 0.320 e. The molecule has 3 atom stereocenters. The molecule has 0 spiro atoms. The van der Waals surface area contributed by atoms with E-state index < -0.39 is 0 Å². The van der Waals surface area contributed by atoms with Gasteiger partial charge in [-0.1, -0.05) is 45.0 Å². The van der Waals surface area contributed by atoms with Crippen molar-refractivity contribution in [2.24, 2.45) is 11.3 Å². The highest BCUT2D eigenvalue weighted by atomic mass is 16.5. The quantitative estimate of drug-likeness (QED) is 0.708. The fourth-order valence-corrected chi connectivity index (χ4v) is 5.89. The molecule has 2 bridgehead atoms. The van der Waals surface area contributed by atoms with E-state index >= 15 is 0 Å². The van der Waals surface area contributed by atoms with Crippen LogP contribution in [0.25, 0.3) is 0 Å². The molecule has 2 unspecified atom stereocenters. The number of likely N-dealkylation sites (tertiary alicyclic amines) is 2. The van der Waals surface area contributed by atoms with Crippen LogP contribution >= 0.6 is 0 Å². The molecule has 158 valence electrons. The Kier molecular flexibility index (Phi) is 5.12. The van der Waals surface area contributed by atoms with Crippen LogP contribution < -0.4 is 0 Å². The van der Waals surface area contributed by atoms with Crippen molar-refractivity contribution in [2.75, 3.05) is 26.2 Å².